The smallest absolute Gasteiger partial charge is 0.250 e. The number of aryl methyl sites for hydroxylation is 2. The largest absolute Gasteiger partial charge is 0.497 e. The molecule has 0 spiro atoms. The van der Waals surface area contributed by atoms with Crippen LogP contribution >= 0.6 is 11.3 Å². The second kappa shape index (κ2) is 9.66. The maximum Gasteiger partial charge on any atom is 0.250 e. The number of methoxy groups -OCH3 is 1. The average Bonchev–Trinajstić information content (AvgIpc) is 3.21. The van der Waals surface area contributed by atoms with Gasteiger partial charge in [0.2, 0.25) is 21.1 Å². The molecule has 1 atom stereocenters. The Balaban J connectivity index is 1.85. The quantitative estimate of drug-likeness (QED) is 0.529. The molecular formula is C22H26N4O4S2. The molecule has 3 rings (SSSR count). The van der Waals surface area contributed by atoms with E-state index in [0.717, 1.165) is 28.7 Å². The van der Waals surface area contributed by atoms with Crippen LogP contribution in [-0.2, 0) is 14.8 Å². The number of amides is 1. The summed E-state index contributed by atoms with van der Waals surface area (Å²) in [5.41, 5.74) is 3.27. The summed E-state index contributed by atoms with van der Waals surface area (Å²) in [6.07, 6.45) is 1.39. The van der Waals surface area contributed by atoms with Gasteiger partial charge < -0.3 is 4.74 Å². The van der Waals surface area contributed by atoms with Crippen LogP contribution in [-0.4, -0.2) is 43.9 Å². The Kier molecular flexibility index (Phi) is 7.15. The van der Waals surface area contributed by atoms with Gasteiger partial charge in [0.1, 0.15) is 16.8 Å². The third-order valence-electron chi connectivity index (χ3n) is 5.07. The van der Waals surface area contributed by atoms with Gasteiger partial charge in [-0.3, -0.25) is 14.4 Å². The van der Waals surface area contributed by atoms with Crippen LogP contribution in [0, 0.1) is 13.8 Å². The molecule has 10 heteroatoms. The van der Waals surface area contributed by atoms with Crippen molar-refractivity contribution < 1.29 is 17.9 Å². The monoisotopic (exact) mass is 474 g/mol. The average molecular weight is 475 g/mol. The molecule has 0 saturated heterocycles. The highest BCUT2D eigenvalue weighted by Crippen LogP contribution is 2.29. The number of hydrogen-bond acceptors (Lipinski definition) is 7. The minimum Gasteiger partial charge on any atom is -0.497 e. The van der Waals surface area contributed by atoms with Crippen molar-refractivity contribution in [3.63, 3.8) is 0 Å². The molecule has 1 N–H and O–H groups in total. The molecule has 1 unspecified atom stereocenters. The SMILES string of the molecule is CCC(C(=O)Nc1nnc(-c2ccc(OC)cc2)s1)N(c1ccc(C)c(C)c1)S(C)(=O)=O. The molecule has 0 aliphatic carbocycles. The first-order chi connectivity index (χ1) is 15.1. The van der Waals surface area contributed by atoms with E-state index in [2.05, 4.69) is 15.5 Å². The lowest BCUT2D eigenvalue weighted by Crippen LogP contribution is -2.47. The van der Waals surface area contributed by atoms with E-state index in [0.29, 0.717) is 15.8 Å². The van der Waals surface area contributed by atoms with Crippen LogP contribution in [0.5, 0.6) is 5.75 Å². The molecule has 1 heterocycles. The maximum absolute atomic E-state index is 13.1. The van der Waals surface area contributed by atoms with Crippen molar-refractivity contribution in [3.05, 3.63) is 53.6 Å². The Morgan fingerprint density at radius 1 is 1.12 bits per heavy atom. The molecule has 0 radical (unpaired) electrons. The second-order valence-corrected chi connectivity index (χ2v) is 10.2. The first kappa shape index (κ1) is 23.7. The van der Waals surface area contributed by atoms with Gasteiger partial charge in [0.05, 0.1) is 19.1 Å². The summed E-state index contributed by atoms with van der Waals surface area (Å²) >= 11 is 1.21. The molecule has 0 fully saturated rings. The van der Waals surface area contributed by atoms with E-state index in [1.165, 1.54) is 15.6 Å². The summed E-state index contributed by atoms with van der Waals surface area (Å²) in [7, 11) is -2.12. The van der Waals surface area contributed by atoms with Crippen molar-refractivity contribution in [3.8, 4) is 16.3 Å². The number of sulfonamides is 1. The summed E-state index contributed by atoms with van der Waals surface area (Å²) in [5.74, 6) is 0.262. The van der Waals surface area contributed by atoms with E-state index in [1.54, 1.807) is 26.2 Å². The Morgan fingerprint density at radius 3 is 2.38 bits per heavy atom. The molecule has 0 aliphatic heterocycles. The number of hydrogen-bond donors (Lipinski definition) is 1. The standard InChI is InChI=1S/C22H26N4O4S2/c1-6-19(26(32(5,28)29)17-10-7-14(2)15(3)13-17)20(27)23-22-25-24-21(31-22)16-8-11-18(30-4)12-9-16/h7-13,19H,6H2,1-5H3,(H,23,25,27). The van der Waals surface area contributed by atoms with Crippen LogP contribution in [0.3, 0.4) is 0 Å². The molecule has 2 aromatic carbocycles. The number of ether oxygens (including phenoxy) is 1. The van der Waals surface area contributed by atoms with E-state index < -0.39 is 22.0 Å². The summed E-state index contributed by atoms with van der Waals surface area (Å²) in [6.45, 7) is 5.62. The summed E-state index contributed by atoms with van der Waals surface area (Å²) in [4.78, 5) is 13.1. The van der Waals surface area contributed by atoms with Gasteiger partial charge in [0.15, 0.2) is 0 Å². The fourth-order valence-corrected chi connectivity index (χ4v) is 5.19. The Bertz CT molecular complexity index is 1210. The summed E-state index contributed by atoms with van der Waals surface area (Å²) in [5, 5.41) is 11.8. The zero-order chi connectivity index (χ0) is 23.5. The van der Waals surface area contributed by atoms with Gasteiger partial charge >= 0.3 is 0 Å². The highest BCUT2D eigenvalue weighted by atomic mass is 32.2. The van der Waals surface area contributed by atoms with Gasteiger partial charge in [-0.15, -0.1) is 10.2 Å². The highest BCUT2D eigenvalue weighted by molar-refractivity contribution is 7.92. The van der Waals surface area contributed by atoms with Gasteiger partial charge in [-0.2, -0.15) is 0 Å². The number of nitrogens with zero attached hydrogens (tertiary/aromatic N) is 3. The first-order valence-corrected chi connectivity index (χ1v) is 12.7. The van der Waals surface area contributed by atoms with Crippen LogP contribution in [0.1, 0.15) is 24.5 Å². The predicted octanol–water partition coefficient (Wildman–Crippen LogP) is 4.01. The number of benzene rings is 2. The van der Waals surface area contributed by atoms with Crippen molar-refractivity contribution in [2.24, 2.45) is 0 Å². The molecule has 1 aromatic heterocycles. The van der Waals surface area contributed by atoms with Gasteiger partial charge in [0.25, 0.3) is 0 Å². The zero-order valence-corrected chi connectivity index (χ0v) is 20.3. The molecular weight excluding hydrogens is 448 g/mol. The maximum atomic E-state index is 13.1. The topological polar surface area (TPSA) is 101 Å². The third kappa shape index (κ3) is 5.25. The van der Waals surface area contributed by atoms with Gasteiger partial charge in [-0.1, -0.05) is 24.3 Å². The molecule has 3 aromatic rings. The van der Waals surface area contributed by atoms with Gasteiger partial charge in [0, 0.05) is 5.56 Å². The van der Waals surface area contributed by atoms with Crippen molar-refractivity contribution in [2.75, 3.05) is 23.0 Å². The van der Waals surface area contributed by atoms with E-state index in [-0.39, 0.29) is 6.42 Å². The van der Waals surface area contributed by atoms with E-state index in [9.17, 15) is 13.2 Å². The van der Waals surface area contributed by atoms with Crippen molar-refractivity contribution in [1.29, 1.82) is 0 Å². The summed E-state index contributed by atoms with van der Waals surface area (Å²) in [6, 6.07) is 11.7. The minimum absolute atomic E-state index is 0.288. The lowest BCUT2D eigenvalue weighted by Gasteiger charge is -2.30. The van der Waals surface area contributed by atoms with Crippen molar-refractivity contribution >= 4 is 38.1 Å². The van der Waals surface area contributed by atoms with Crippen molar-refractivity contribution in [2.45, 2.75) is 33.2 Å². The Labute approximate surface area is 192 Å². The second-order valence-electron chi connectivity index (χ2n) is 7.38. The number of nitrogens with one attached hydrogen (secondary N) is 1. The zero-order valence-electron chi connectivity index (χ0n) is 18.6. The third-order valence-corrected chi connectivity index (χ3v) is 7.13. The molecule has 32 heavy (non-hydrogen) atoms. The first-order valence-electron chi connectivity index (χ1n) is 9.99. The lowest BCUT2D eigenvalue weighted by molar-refractivity contribution is -0.117. The van der Waals surface area contributed by atoms with Crippen LogP contribution in [0.15, 0.2) is 42.5 Å². The number of anilines is 2. The normalized spacial score (nSPS) is 12.3. The van der Waals surface area contributed by atoms with Crippen LogP contribution in [0.25, 0.3) is 10.6 Å². The molecule has 0 bridgehead atoms. The number of carbonyl (C=O) groups is 1. The minimum atomic E-state index is -3.71. The Morgan fingerprint density at radius 2 is 1.81 bits per heavy atom. The van der Waals surface area contributed by atoms with Gasteiger partial charge in [-0.05, 0) is 67.8 Å². The van der Waals surface area contributed by atoms with Crippen LogP contribution in [0.4, 0.5) is 10.8 Å². The Hall–Kier alpha value is -2.98. The summed E-state index contributed by atoms with van der Waals surface area (Å²) < 4.78 is 31.6. The van der Waals surface area contributed by atoms with Gasteiger partial charge in [-0.25, -0.2) is 8.42 Å². The lowest BCUT2D eigenvalue weighted by atomic mass is 10.1. The fourth-order valence-electron chi connectivity index (χ4n) is 3.24. The van der Waals surface area contributed by atoms with Crippen LogP contribution in [0.2, 0.25) is 0 Å². The molecule has 8 nitrogen and oxygen atoms in total. The fraction of sp³-hybridized carbons (Fsp3) is 0.318. The number of rotatable bonds is 8. The van der Waals surface area contributed by atoms with E-state index in [1.807, 2.05) is 44.2 Å². The molecule has 0 aliphatic rings. The van der Waals surface area contributed by atoms with Crippen LogP contribution < -0.4 is 14.4 Å². The molecule has 170 valence electrons. The van der Waals surface area contributed by atoms with Crippen molar-refractivity contribution in [1.82, 2.24) is 10.2 Å². The number of aromatic nitrogens is 2. The van der Waals surface area contributed by atoms with E-state index in [4.69, 9.17) is 4.74 Å². The number of carbonyl (C=O) groups excluding carboxylic acids is 1. The molecule has 1 amide bonds. The van der Waals surface area contributed by atoms with E-state index >= 15 is 0 Å². The predicted molar refractivity (Wildman–Crippen MR) is 128 cm³/mol. The highest BCUT2D eigenvalue weighted by Gasteiger charge is 2.32. The molecule has 0 saturated carbocycles.